The van der Waals surface area contributed by atoms with E-state index < -0.39 is 71.5 Å². The number of β-lactam (4-membered cyclic amide) rings is 3. The number of carbonyl (C=O) groups is 10. The molecule has 8 heterocycles. The molecule has 22 nitrogen and oxygen atoms in total. The van der Waals surface area contributed by atoms with E-state index in [4.69, 9.17) is 23.1 Å². The topological polar surface area (TPSA) is 257 Å². The zero-order chi connectivity index (χ0) is 83.2. The number of hydrogen-bond acceptors (Lipinski definition) is 16. The predicted molar refractivity (Wildman–Crippen MR) is 452 cm³/mol. The van der Waals surface area contributed by atoms with Crippen LogP contribution in [-0.2, 0) is 85.5 Å². The second-order valence-electron chi connectivity index (χ2n) is 32.9. The molecule has 0 unspecified atom stereocenters. The van der Waals surface area contributed by atoms with Gasteiger partial charge in [0.05, 0.1) is 73.5 Å². The third-order valence-corrected chi connectivity index (χ3v) is 33.4. The van der Waals surface area contributed by atoms with Gasteiger partial charge in [0.2, 0.25) is 35.4 Å². The zero-order valence-corrected chi connectivity index (χ0v) is 70.9. The van der Waals surface area contributed by atoms with Gasteiger partial charge in [-0.2, -0.15) is 0 Å². The number of fused-ring (bicyclic) bond motifs is 5. The lowest BCUT2D eigenvalue weighted by Crippen LogP contribution is -2.69. The Hall–Kier alpha value is -10.5. The Morgan fingerprint density at radius 2 is 0.913 bits per heavy atom. The first-order valence-corrected chi connectivity index (χ1v) is 47.1. The standard InChI is InChI=1S/C45H51N2O6PSi.C24H30N2O5Si.C21H22N2O5/c1-9-27-52-44(51)43(54(34-19-13-10-14-20-34,35-21-15-11-16-22-35)36-23-17-12-18-24-36)47-38(41(42(47)50)31(2)53-55(7,8)45(3,4)5)30-39(48)33-26-25-32-29-40(49)46(6)37(32)28-33;1-7-10-30-24(29)22-17(15-8-9-16-12-20(27)25(3)18(16)11-15)13-19-21(23(28)26(19)22)14(2)31-32(4,5)6;1-4-7-28-21(27)19-14(10-16-18(11(2)24)20(26)23(16)19)12-5-6-13-9-17(25)22(3)15(13)8-12/h9-26,28,31,38,41H,1,27,29-30H2,2-8H3;7-9,11,14,19,21H,1,10,12-13H2,2-6H3;4-6,8,11,16,18,24H,1,7,9-10H2,2-3H3/t31-,38-,41-;14-,19-,21-;11-,16-,18-/m111/s1. The van der Waals surface area contributed by atoms with E-state index in [0.717, 1.165) is 60.7 Å². The van der Waals surface area contributed by atoms with E-state index in [1.807, 2.05) is 147 Å². The van der Waals surface area contributed by atoms with Crippen LogP contribution in [0.4, 0.5) is 17.1 Å². The monoisotopic (exact) mass is 1610 g/mol. The molecular formula is C90H103N6O16PSi2. The minimum atomic E-state index is -3.20. The average molecular weight is 1610 g/mol. The number of ketones is 1. The normalized spacial score (nSPS) is 20.8. The summed E-state index contributed by atoms with van der Waals surface area (Å²) in [6.45, 7) is 30.3. The fourth-order valence-electron chi connectivity index (χ4n) is 16.9. The maximum Gasteiger partial charge on any atom is 0.356 e. The summed E-state index contributed by atoms with van der Waals surface area (Å²) in [6.07, 6.45) is 4.87. The van der Waals surface area contributed by atoms with Gasteiger partial charge >= 0.3 is 17.9 Å². The summed E-state index contributed by atoms with van der Waals surface area (Å²) in [4.78, 5) is 142. The fraction of sp³-hybridized carbons (Fsp3) is 0.367. The summed E-state index contributed by atoms with van der Waals surface area (Å²) in [5.74, 6) is -4.14. The van der Waals surface area contributed by atoms with Crippen molar-refractivity contribution >= 4 is 132 Å². The summed E-state index contributed by atoms with van der Waals surface area (Å²) >= 11 is 0. The van der Waals surface area contributed by atoms with Gasteiger partial charge in [-0.05, 0) is 144 Å². The lowest BCUT2D eigenvalue weighted by molar-refractivity contribution is -0.162. The van der Waals surface area contributed by atoms with Crippen LogP contribution in [0.5, 0.6) is 0 Å². The third-order valence-electron chi connectivity index (χ3n) is 23.5. The van der Waals surface area contributed by atoms with E-state index in [9.17, 15) is 48.3 Å². The molecule has 0 bridgehead atoms. The molecule has 14 rings (SSSR count). The van der Waals surface area contributed by atoms with Crippen LogP contribution in [0.2, 0.25) is 37.8 Å². The number of aliphatic hydroxyl groups excluding tert-OH is 1. The van der Waals surface area contributed by atoms with Gasteiger partial charge in [-0.25, -0.2) is 14.4 Å². The van der Waals surface area contributed by atoms with Gasteiger partial charge in [0.15, 0.2) is 22.4 Å². The van der Waals surface area contributed by atoms with Crippen LogP contribution in [0.3, 0.4) is 0 Å². The number of hydrogen-bond donors (Lipinski definition) is 1. The van der Waals surface area contributed by atoms with Crippen molar-refractivity contribution in [3.63, 3.8) is 0 Å². The molecule has 0 aliphatic carbocycles. The number of benzene rings is 6. The van der Waals surface area contributed by atoms with Crippen molar-refractivity contribution in [2.45, 2.75) is 154 Å². The Kier molecular flexibility index (Phi) is 24.4. The van der Waals surface area contributed by atoms with Crippen molar-refractivity contribution in [1.82, 2.24) is 14.7 Å². The summed E-state index contributed by atoms with van der Waals surface area (Å²) in [6, 6.07) is 45.1. The lowest BCUT2D eigenvalue weighted by atomic mass is 9.79. The quantitative estimate of drug-likeness (QED) is 0.0106. The molecule has 1 N–H and O–H groups in total. The molecule has 8 aliphatic rings. The number of anilines is 3. The molecule has 8 aliphatic heterocycles. The highest BCUT2D eigenvalue weighted by Crippen LogP contribution is 2.54. The largest absolute Gasteiger partial charge is 0.457 e. The number of nitrogens with zero attached hydrogens (tertiary/aromatic N) is 6. The SMILES string of the molecule is C=CCOC(=O)C(N1C(=O)[C@H]([C@@H](C)O[Si](C)(C)C(C)(C)C)[C@H]1CC(=O)c1ccc2c(c1)N(C)C(=O)C2)=P(c1ccccc1)(c1ccccc1)c1ccccc1.C=CCOC(=O)C1=C(c2ccc3c(c2)N(C)C(=O)C3)C[C@@H]2[C@@H]([C@@H](C)O)C(=O)N12.C=CCOC(=O)C1=C(c2ccc3c(c2)N(C)C(=O)C3)C[C@@H]2[C@@H]([C@@H](C)O[Si](C)(C)C)C(=O)N12. The highest BCUT2D eigenvalue weighted by Gasteiger charge is 2.61. The van der Waals surface area contributed by atoms with Crippen molar-refractivity contribution < 1.29 is 76.1 Å². The van der Waals surface area contributed by atoms with E-state index in [1.54, 1.807) is 64.7 Å². The maximum absolute atomic E-state index is 15.1. The van der Waals surface area contributed by atoms with E-state index in [0.29, 0.717) is 48.2 Å². The molecule has 602 valence electrons. The molecule has 0 spiro atoms. The number of ether oxygens (including phenoxy) is 3. The smallest absolute Gasteiger partial charge is 0.356 e. The van der Waals surface area contributed by atoms with Gasteiger partial charge in [0, 0.05) is 57.1 Å². The molecule has 3 saturated heterocycles. The van der Waals surface area contributed by atoms with E-state index in [2.05, 4.69) is 73.2 Å². The molecule has 3 fully saturated rings. The second-order valence-corrected chi connectivity index (χ2v) is 45.5. The van der Waals surface area contributed by atoms with Crippen LogP contribution in [0.1, 0.15) is 99.0 Å². The summed E-state index contributed by atoms with van der Waals surface area (Å²) in [5, 5.41) is 12.4. The minimum Gasteiger partial charge on any atom is -0.457 e. The molecule has 0 saturated carbocycles. The van der Waals surface area contributed by atoms with Crippen LogP contribution in [0.25, 0.3) is 11.1 Å². The van der Waals surface area contributed by atoms with Gasteiger partial charge < -0.3 is 57.6 Å². The number of likely N-dealkylation sites (tertiary alicyclic amines) is 1. The number of amides is 6. The first kappa shape index (κ1) is 83.9. The lowest BCUT2D eigenvalue weighted by Gasteiger charge is -2.53. The van der Waals surface area contributed by atoms with Gasteiger partial charge in [0.1, 0.15) is 36.6 Å². The van der Waals surface area contributed by atoms with Crippen LogP contribution in [-0.4, -0.2) is 178 Å². The molecule has 115 heavy (non-hydrogen) atoms. The van der Waals surface area contributed by atoms with E-state index >= 15 is 4.79 Å². The van der Waals surface area contributed by atoms with E-state index in [1.165, 1.54) is 23.1 Å². The molecule has 0 aromatic heterocycles. The Balaban J connectivity index is 0.000000172. The maximum atomic E-state index is 15.1. The van der Waals surface area contributed by atoms with Crippen LogP contribution in [0.15, 0.2) is 195 Å². The Morgan fingerprint density at radius 1 is 0.522 bits per heavy atom. The number of esters is 3. The van der Waals surface area contributed by atoms with Crippen molar-refractivity contribution in [2.24, 2.45) is 17.8 Å². The molecule has 6 amide bonds. The minimum absolute atomic E-state index is 0.0198. The summed E-state index contributed by atoms with van der Waals surface area (Å²) in [7, 11) is 0.976. The Bertz CT molecular complexity index is 4980. The highest BCUT2D eigenvalue weighted by molar-refractivity contribution is 7.96. The number of aliphatic hydroxyl groups is 1. The van der Waals surface area contributed by atoms with Gasteiger partial charge in [-0.1, -0.05) is 186 Å². The zero-order valence-electron chi connectivity index (χ0n) is 68.0. The predicted octanol–water partition coefficient (Wildman–Crippen LogP) is 11.2. The molecular weight excluding hydrogens is 1510 g/mol. The van der Waals surface area contributed by atoms with Crippen LogP contribution >= 0.6 is 6.89 Å². The number of carbonyl (C=O) groups excluding carboxylic acids is 10. The number of likely N-dealkylation sites (N-methyl/N-ethyl adjacent to an activating group) is 3. The van der Waals surface area contributed by atoms with Crippen LogP contribution in [0, 0.1) is 17.8 Å². The number of rotatable bonds is 25. The van der Waals surface area contributed by atoms with Gasteiger partial charge in [-0.3, -0.25) is 33.6 Å². The fourth-order valence-corrected chi connectivity index (χ4v) is 24.0. The first-order valence-electron chi connectivity index (χ1n) is 39.0. The average Bonchev–Trinajstić information content (AvgIpc) is 1.69. The third kappa shape index (κ3) is 15.8. The van der Waals surface area contributed by atoms with Crippen molar-refractivity contribution in [3.8, 4) is 0 Å². The molecule has 6 aromatic rings. The first-order chi connectivity index (χ1) is 54.5. The second kappa shape index (κ2) is 33.4. The van der Waals surface area contributed by atoms with Gasteiger partial charge in [-0.15, -0.1) is 0 Å². The molecule has 6 aromatic carbocycles. The van der Waals surface area contributed by atoms with E-state index in [-0.39, 0.29) is 114 Å². The van der Waals surface area contributed by atoms with Gasteiger partial charge in [0.25, 0.3) is 0 Å². The van der Waals surface area contributed by atoms with Crippen molar-refractivity contribution in [2.75, 3.05) is 55.7 Å². The highest BCUT2D eigenvalue weighted by atomic mass is 31.2. The Morgan fingerprint density at radius 3 is 1.32 bits per heavy atom. The number of Topliss-reactive ketones (excluding diaryl/α,β-unsaturated/α-hetero) is 1. The molecule has 9 atom stereocenters. The van der Waals surface area contributed by atoms with Crippen molar-refractivity contribution in [1.29, 1.82) is 0 Å². The Labute approximate surface area is 675 Å². The summed E-state index contributed by atoms with van der Waals surface area (Å²) in [5.41, 5.74) is 9.34. The summed E-state index contributed by atoms with van der Waals surface area (Å²) < 4.78 is 29.6. The molecule has 0 radical (unpaired) electrons. The molecule has 25 heteroatoms. The van der Waals surface area contributed by atoms with Crippen LogP contribution < -0.4 is 30.6 Å². The van der Waals surface area contributed by atoms with Crippen molar-refractivity contribution in [3.05, 3.63) is 228 Å².